The number of anilines is 1. The number of carbonyl (C=O) groups excluding carboxylic acids is 2. The van der Waals surface area contributed by atoms with Crippen molar-refractivity contribution < 1.29 is 19.4 Å². The second kappa shape index (κ2) is 7.41. The molecule has 0 N–H and O–H groups in total. The number of ether oxygens (including phenoxy) is 1. The van der Waals surface area contributed by atoms with E-state index >= 15 is 0 Å². The minimum Gasteiger partial charge on any atom is -0.546 e. The van der Waals surface area contributed by atoms with Gasteiger partial charge in [0.15, 0.2) is 0 Å². The summed E-state index contributed by atoms with van der Waals surface area (Å²) >= 11 is 5.98. The van der Waals surface area contributed by atoms with Crippen molar-refractivity contribution >= 4 is 41.0 Å². The van der Waals surface area contributed by atoms with Crippen LogP contribution in [0.4, 0.5) is 5.69 Å². The van der Waals surface area contributed by atoms with E-state index in [2.05, 4.69) is 5.10 Å². The third-order valence-corrected chi connectivity index (χ3v) is 3.91. The second-order valence-corrected chi connectivity index (χ2v) is 5.98. The zero-order valence-electron chi connectivity index (χ0n) is 13.8. The van der Waals surface area contributed by atoms with Crippen LogP contribution in [-0.4, -0.2) is 24.2 Å². The molecule has 0 aromatic heterocycles. The number of carboxylic acids is 1. The van der Waals surface area contributed by atoms with E-state index in [0.29, 0.717) is 33.3 Å². The lowest BCUT2D eigenvalue weighted by atomic mass is 10.1. The van der Waals surface area contributed by atoms with Crippen LogP contribution in [0.1, 0.15) is 12.5 Å². The molecule has 0 fully saturated rings. The molecule has 26 heavy (non-hydrogen) atoms. The van der Waals surface area contributed by atoms with Crippen LogP contribution in [-0.2, 0) is 9.59 Å². The van der Waals surface area contributed by atoms with Gasteiger partial charge in [-0.3, -0.25) is 4.79 Å². The van der Waals surface area contributed by atoms with Crippen molar-refractivity contribution in [3.63, 3.8) is 0 Å². The molecular formula is C19H14ClN2O4-. The van der Waals surface area contributed by atoms with Crippen molar-refractivity contribution in [2.24, 2.45) is 5.10 Å². The Kier molecular flexibility index (Phi) is 5.04. The number of nitrogens with zero attached hydrogens (tertiary/aromatic N) is 2. The molecular weight excluding hydrogens is 356 g/mol. The molecule has 132 valence electrons. The smallest absolute Gasteiger partial charge is 0.280 e. The van der Waals surface area contributed by atoms with E-state index in [1.807, 2.05) is 0 Å². The van der Waals surface area contributed by atoms with Gasteiger partial charge >= 0.3 is 0 Å². The molecule has 1 aliphatic rings. The van der Waals surface area contributed by atoms with E-state index in [4.69, 9.17) is 16.3 Å². The summed E-state index contributed by atoms with van der Waals surface area (Å²) in [5.41, 5.74) is 2.05. The molecule has 6 nitrogen and oxygen atoms in total. The number of para-hydroxylation sites is 1. The molecule has 0 saturated heterocycles. The first-order valence-electron chi connectivity index (χ1n) is 7.74. The minimum atomic E-state index is -1.32. The third-order valence-electron chi connectivity index (χ3n) is 3.68. The van der Waals surface area contributed by atoms with Gasteiger partial charge in [-0.25, -0.2) is 0 Å². The lowest BCUT2D eigenvalue weighted by Crippen LogP contribution is -2.29. The number of hydrogen-bond donors (Lipinski definition) is 0. The van der Waals surface area contributed by atoms with Crippen LogP contribution in [0.5, 0.6) is 5.75 Å². The summed E-state index contributed by atoms with van der Waals surface area (Å²) < 4.78 is 5.22. The maximum Gasteiger partial charge on any atom is 0.280 e. The zero-order valence-corrected chi connectivity index (χ0v) is 14.6. The van der Waals surface area contributed by atoms with E-state index in [1.165, 1.54) is 5.01 Å². The highest BCUT2D eigenvalue weighted by Gasteiger charge is 2.29. The molecule has 0 aliphatic carbocycles. The molecule has 0 radical (unpaired) electrons. The first-order chi connectivity index (χ1) is 12.5. The van der Waals surface area contributed by atoms with Crippen molar-refractivity contribution in [1.29, 1.82) is 0 Å². The minimum absolute atomic E-state index is 0.306. The molecule has 0 unspecified atom stereocenters. The van der Waals surface area contributed by atoms with Gasteiger partial charge in [0.1, 0.15) is 12.4 Å². The standard InChI is InChI=1S/C19H15ClN2O4/c1-12-16(9-13-5-2-3-8-17(13)26-11-18(23)24)19(25)22(21-12)15-7-4-6-14(20)10-15/h2-10H,11H2,1H3,(H,23,24)/p-1/b16-9-. The van der Waals surface area contributed by atoms with Crippen molar-refractivity contribution in [2.45, 2.75) is 6.92 Å². The number of rotatable bonds is 5. The number of benzene rings is 2. The Morgan fingerprint density at radius 2 is 2.04 bits per heavy atom. The van der Waals surface area contributed by atoms with E-state index < -0.39 is 12.6 Å². The number of carboxylic acid groups (broad SMARTS) is 1. The molecule has 2 aromatic rings. The molecule has 0 saturated carbocycles. The zero-order chi connectivity index (χ0) is 18.7. The first kappa shape index (κ1) is 17.7. The predicted octanol–water partition coefficient (Wildman–Crippen LogP) is 2.27. The third kappa shape index (κ3) is 3.75. The maximum atomic E-state index is 12.8. The molecule has 0 atom stereocenters. The van der Waals surface area contributed by atoms with Crippen LogP contribution in [0, 0.1) is 0 Å². The Morgan fingerprint density at radius 3 is 2.77 bits per heavy atom. The average molecular weight is 370 g/mol. The first-order valence-corrected chi connectivity index (χ1v) is 8.12. The summed E-state index contributed by atoms with van der Waals surface area (Å²) in [6.45, 7) is 1.15. The largest absolute Gasteiger partial charge is 0.546 e. The van der Waals surface area contributed by atoms with Gasteiger partial charge in [0, 0.05) is 10.6 Å². The number of hydrazone groups is 1. The monoisotopic (exact) mass is 369 g/mol. The highest BCUT2D eigenvalue weighted by Crippen LogP contribution is 2.28. The number of aliphatic carboxylic acids is 1. The predicted molar refractivity (Wildman–Crippen MR) is 97.0 cm³/mol. The molecule has 1 aliphatic heterocycles. The van der Waals surface area contributed by atoms with Crippen LogP contribution in [0.15, 0.2) is 59.2 Å². The lowest BCUT2D eigenvalue weighted by molar-refractivity contribution is -0.307. The quantitative estimate of drug-likeness (QED) is 0.757. The van der Waals surface area contributed by atoms with E-state index in [9.17, 15) is 14.7 Å². The number of amides is 1. The van der Waals surface area contributed by atoms with Crippen LogP contribution in [0.3, 0.4) is 0 Å². The van der Waals surface area contributed by atoms with Gasteiger partial charge in [0.05, 0.1) is 22.9 Å². The molecule has 3 rings (SSSR count). The topological polar surface area (TPSA) is 82.0 Å². The highest BCUT2D eigenvalue weighted by atomic mass is 35.5. The Balaban J connectivity index is 1.92. The second-order valence-electron chi connectivity index (χ2n) is 5.54. The van der Waals surface area contributed by atoms with Gasteiger partial charge in [0.25, 0.3) is 5.91 Å². The van der Waals surface area contributed by atoms with E-state index in [0.717, 1.165) is 0 Å². The fourth-order valence-electron chi connectivity index (χ4n) is 2.49. The van der Waals surface area contributed by atoms with Crippen LogP contribution >= 0.6 is 11.6 Å². The molecule has 2 aromatic carbocycles. The summed E-state index contributed by atoms with van der Waals surface area (Å²) in [6, 6.07) is 13.7. The lowest BCUT2D eigenvalue weighted by Gasteiger charge is -2.12. The molecule has 0 spiro atoms. The Labute approximate surface area is 155 Å². The van der Waals surface area contributed by atoms with Gasteiger partial charge in [-0.1, -0.05) is 35.9 Å². The van der Waals surface area contributed by atoms with Gasteiger partial charge in [-0.05, 0) is 37.3 Å². The molecule has 1 amide bonds. The Morgan fingerprint density at radius 1 is 1.27 bits per heavy atom. The van der Waals surface area contributed by atoms with Gasteiger partial charge in [0.2, 0.25) is 0 Å². The summed E-state index contributed by atoms with van der Waals surface area (Å²) in [5, 5.41) is 16.7. The van der Waals surface area contributed by atoms with Gasteiger partial charge < -0.3 is 14.6 Å². The van der Waals surface area contributed by atoms with Crippen LogP contribution < -0.4 is 14.9 Å². The summed E-state index contributed by atoms with van der Waals surface area (Å²) in [5.74, 6) is -1.29. The normalized spacial score (nSPS) is 15.3. The van der Waals surface area contributed by atoms with Crippen molar-refractivity contribution in [1.82, 2.24) is 0 Å². The summed E-state index contributed by atoms with van der Waals surface area (Å²) in [6.07, 6.45) is 1.62. The van der Waals surface area contributed by atoms with Crippen LogP contribution in [0.25, 0.3) is 6.08 Å². The van der Waals surface area contributed by atoms with Crippen molar-refractivity contribution in [2.75, 3.05) is 11.6 Å². The summed E-state index contributed by atoms with van der Waals surface area (Å²) in [4.78, 5) is 23.4. The summed E-state index contributed by atoms with van der Waals surface area (Å²) in [7, 11) is 0. The molecule has 1 heterocycles. The van der Waals surface area contributed by atoms with Gasteiger partial charge in [-0.15, -0.1) is 0 Å². The molecule has 0 bridgehead atoms. The van der Waals surface area contributed by atoms with E-state index in [1.54, 1.807) is 61.5 Å². The highest BCUT2D eigenvalue weighted by molar-refractivity contribution is 6.33. The fraction of sp³-hybridized carbons (Fsp3) is 0.105. The van der Waals surface area contributed by atoms with Gasteiger partial charge in [-0.2, -0.15) is 10.1 Å². The number of carbonyl (C=O) groups is 2. The number of halogens is 1. The number of hydrogen-bond acceptors (Lipinski definition) is 5. The SMILES string of the molecule is CC1=NN(c2cccc(Cl)c2)C(=O)/C1=C\c1ccccc1OCC(=O)[O-]. The average Bonchev–Trinajstić information content (AvgIpc) is 2.89. The van der Waals surface area contributed by atoms with Crippen molar-refractivity contribution in [3.8, 4) is 5.75 Å². The fourth-order valence-corrected chi connectivity index (χ4v) is 2.68. The van der Waals surface area contributed by atoms with Crippen LogP contribution in [0.2, 0.25) is 5.02 Å². The van der Waals surface area contributed by atoms with E-state index in [-0.39, 0.29) is 5.91 Å². The Hall–Kier alpha value is -3.12. The van der Waals surface area contributed by atoms with Crippen molar-refractivity contribution in [3.05, 3.63) is 64.7 Å². The Bertz CT molecular complexity index is 937. The molecule has 7 heteroatoms. The maximum absolute atomic E-state index is 12.8.